The largest absolute Gasteiger partial charge is 0.478 e. The number of anilines is 1. The number of hydrogen-bond acceptors (Lipinski definition) is 3. The molecule has 0 saturated carbocycles. The van der Waals surface area contributed by atoms with Gasteiger partial charge in [-0.3, -0.25) is 4.72 Å². The van der Waals surface area contributed by atoms with Gasteiger partial charge in [0.15, 0.2) is 0 Å². The normalized spacial score (nSPS) is 11.2. The number of rotatable bonds is 4. The van der Waals surface area contributed by atoms with Crippen LogP contribution in [0.2, 0.25) is 5.02 Å². The smallest absolute Gasteiger partial charge is 0.338 e. The Morgan fingerprint density at radius 3 is 2.55 bits per heavy atom. The maximum absolute atomic E-state index is 13.3. The monoisotopic (exact) mass is 343 g/mol. The second kappa shape index (κ2) is 5.94. The molecule has 2 aromatic rings. The van der Waals surface area contributed by atoms with Gasteiger partial charge in [0.2, 0.25) is 0 Å². The van der Waals surface area contributed by atoms with Gasteiger partial charge in [-0.25, -0.2) is 17.6 Å². The van der Waals surface area contributed by atoms with E-state index in [4.69, 9.17) is 16.7 Å². The van der Waals surface area contributed by atoms with Gasteiger partial charge in [0.05, 0.1) is 16.1 Å². The molecule has 0 saturated heterocycles. The van der Waals surface area contributed by atoms with Gasteiger partial charge in [0.1, 0.15) is 5.82 Å². The molecule has 0 radical (unpaired) electrons. The molecule has 2 rings (SSSR count). The molecule has 2 aromatic carbocycles. The summed E-state index contributed by atoms with van der Waals surface area (Å²) in [4.78, 5) is 10.5. The average Bonchev–Trinajstić information content (AvgIpc) is 2.42. The number of sulfonamides is 1. The molecule has 0 fully saturated rings. The summed E-state index contributed by atoms with van der Waals surface area (Å²) < 4.78 is 40.2. The zero-order valence-electron chi connectivity index (χ0n) is 11.3. The van der Waals surface area contributed by atoms with Gasteiger partial charge in [-0.2, -0.15) is 0 Å². The molecule has 0 amide bonds. The molecule has 0 spiro atoms. The van der Waals surface area contributed by atoms with Crippen LogP contribution in [0.5, 0.6) is 0 Å². The van der Waals surface area contributed by atoms with E-state index in [0.717, 1.165) is 18.2 Å². The molecular formula is C14H11ClFNO4S. The Morgan fingerprint density at radius 1 is 1.23 bits per heavy atom. The molecule has 0 aliphatic carbocycles. The summed E-state index contributed by atoms with van der Waals surface area (Å²) >= 11 is 5.82. The fourth-order valence-corrected chi connectivity index (χ4v) is 3.06. The molecule has 2 N–H and O–H groups in total. The Balaban J connectivity index is 2.45. The number of carboxylic acids is 1. The lowest BCUT2D eigenvalue weighted by molar-refractivity contribution is 0.0691. The van der Waals surface area contributed by atoms with Crippen LogP contribution in [0.25, 0.3) is 0 Å². The van der Waals surface area contributed by atoms with Crippen LogP contribution in [0, 0.1) is 12.7 Å². The fourth-order valence-electron chi connectivity index (χ4n) is 1.74. The molecule has 5 nitrogen and oxygen atoms in total. The number of nitrogens with one attached hydrogen (secondary N) is 1. The van der Waals surface area contributed by atoms with E-state index in [2.05, 4.69) is 4.72 Å². The summed E-state index contributed by atoms with van der Waals surface area (Å²) in [5.74, 6) is -2.56. The van der Waals surface area contributed by atoms with Crippen molar-refractivity contribution in [1.82, 2.24) is 0 Å². The first kappa shape index (κ1) is 16.3. The van der Waals surface area contributed by atoms with Crippen molar-refractivity contribution in [3.8, 4) is 0 Å². The second-order valence-electron chi connectivity index (χ2n) is 4.51. The van der Waals surface area contributed by atoms with Gasteiger partial charge in [0.25, 0.3) is 10.0 Å². The predicted octanol–water partition coefficient (Wildman–Crippen LogP) is 3.29. The summed E-state index contributed by atoms with van der Waals surface area (Å²) in [5.41, 5.74) is 0.174. The van der Waals surface area contributed by atoms with Crippen LogP contribution in [0.15, 0.2) is 41.3 Å². The molecule has 0 heterocycles. The van der Waals surface area contributed by atoms with Crippen LogP contribution in [-0.4, -0.2) is 19.5 Å². The first-order valence-electron chi connectivity index (χ1n) is 6.02. The maximum Gasteiger partial charge on any atom is 0.338 e. The molecule has 116 valence electrons. The van der Waals surface area contributed by atoms with E-state index in [9.17, 15) is 17.6 Å². The van der Waals surface area contributed by atoms with Crippen LogP contribution in [0.1, 0.15) is 15.9 Å². The van der Waals surface area contributed by atoms with Crippen LogP contribution >= 0.6 is 11.6 Å². The third kappa shape index (κ3) is 3.37. The van der Waals surface area contributed by atoms with E-state index in [0.29, 0.717) is 10.6 Å². The number of carbonyl (C=O) groups is 1. The highest BCUT2D eigenvalue weighted by Gasteiger charge is 2.20. The second-order valence-corrected chi connectivity index (χ2v) is 6.63. The standard InChI is InChI=1S/C14H11ClFNO4S/c1-8-2-3-9(15)6-13(8)17-22(20,21)10-4-5-12(16)11(7-10)14(18)19/h2-7,17H,1H3,(H,18,19). The van der Waals surface area contributed by atoms with Crippen LogP contribution < -0.4 is 4.72 Å². The highest BCUT2D eigenvalue weighted by atomic mass is 35.5. The van der Waals surface area contributed by atoms with Gasteiger partial charge in [0, 0.05) is 5.02 Å². The van der Waals surface area contributed by atoms with Crippen molar-refractivity contribution in [3.63, 3.8) is 0 Å². The van der Waals surface area contributed by atoms with Gasteiger partial charge >= 0.3 is 5.97 Å². The van der Waals surface area contributed by atoms with Gasteiger partial charge in [-0.1, -0.05) is 17.7 Å². The van der Waals surface area contributed by atoms with Crippen LogP contribution in [0.4, 0.5) is 10.1 Å². The molecule has 0 aliphatic rings. The Hall–Kier alpha value is -2.12. The number of aromatic carboxylic acids is 1. The highest BCUT2D eigenvalue weighted by molar-refractivity contribution is 7.92. The van der Waals surface area contributed by atoms with Crippen molar-refractivity contribution >= 4 is 33.3 Å². The van der Waals surface area contributed by atoms with Crippen molar-refractivity contribution in [2.45, 2.75) is 11.8 Å². The summed E-state index contributed by atoms with van der Waals surface area (Å²) in [6.45, 7) is 1.68. The number of hydrogen-bond donors (Lipinski definition) is 2. The van der Waals surface area contributed by atoms with Crippen LogP contribution in [0.3, 0.4) is 0 Å². The molecule has 0 unspecified atom stereocenters. The van der Waals surface area contributed by atoms with Gasteiger partial charge < -0.3 is 5.11 Å². The number of benzene rings is 2. The zero-order valence-corrected chi connectivity index (χ0v) is 12.9. The molecular weight excluding hydrogens is 333 g/mol. The van der Waals surface area contributed by atoms with E-state index >= 15 is 0 Å². The molecule has 8 heteroatoms. The van der Waals surface area contributed by atoms with Gasteiger partial charge in [-0.15, -0.1) is 0 Å². The van der Waals surface area contributed by atoms with E-state index in [1.54, 1.807) is 19.1 Å². The van der Waals surface area contributed by atoms with E-state index in [-0.39, 0.29) is 10.6 Å². The maximum atomic E-state index is 13.3. The minimum Gasteiger partial charge on any atom is -0.478 e. The minimum absolute atomic E-state index is 0.258. The summed E-state index contributed by atoms with van der Waals surface area (Å²) in [6.07, 6.45) is 0. The summed E-state index contributed by atoms with van der Waals surface area (Å²) in [5, 5.41) is 9.19. The number of aryl methyl sites for hydroxylation is 1. The van der Waals surface area contributed by atoms with Gasteiger partial charge in [-0.05, 0) is 42.8 Å². The first-order chi connectivity index (χ1) is 10.2. The average molecular weight is 344 g/mol. The quantitative estimate of drug-likeness (QED) is 0.892. The Morgan fingerprint density at radius 2 is 1.91 bits per heavy atom. The molecule has 0 aliphatic heterocycles. The van der Waals surface area contributed by atoms with E-state index in [1.807, 2.05) is 0 Å². The number of carboxylic acid groups (broad SMARTS) is 1. The molecule has 0 bridgehead atoms. The number of halogens is 2. The zero-order chi connectivity index (χ0) is 16.5. The minimum atomic E-state index is -4.06. The lowest BCUT2D eigenvalue weighted by Gasteiger charge is -2.11. The predicted molar refractivity (Wildman–Crippen MR) is 80.4 cm³/mol. The molecule has 22 heavy (non-hydrogen) atoms. The Labute approximate surface area is 131 Å². The lowest BCUT2D eigenvalue weighted by Crippen LogP contribution is -2.15. The third-order valence-electron chi connectivity index (χ3n) is 2.92. The molecule has 0 atom stereocenters. The third-order valence-corrected chi connectivity index (χ3v) is 4.52. The first-order valence-corrected chi connectivity index (χ1v) is 7.88. The molecule has 0 aromatic heterocycles. The highest BCUT2D eigenvalue weighted by Crippen LogP contribution is 2.24. The van der Waals surface area contributed by atoms with Crippen molar-refractivity contribution in [1.29, 1.82) is 0 Å². The van der Waals surface area contributed by atoms with Crippen molar-refractivity contribution < 1.29 is 22.7 Å². The Kier molecular flexibility index (Phi) is 4.39. The topological polar surface area (TPSA) is 83.5 Å². The van der Waals surface area contributed by atoms with Crippen molar-refractivity contribution in [3.05, 3.63) is 58.4 Å². The van der Waals surface area contributed by atoms with Crippen molar-refractivity contribution in [2.75, 3.05) is 4.72 Å². The summed E-state index contributed by atoms with van der Waals surface area (Å²) in [7, 11) is -4.06. The summed E-state index contributed by atoms with van der Waals surface area (Å²) in [6, 6.07) is 7.21. The van der Waals surface area contributed by atoms with E-state index < -0.39 is 27.4 Å². The SMILES string of the molecule is Cc1ccc(Cl)cc1NS(=O)(=O)c1ccc(F)c(C(=O)O)c1. The van der Waals surface area contributed by atoms with Crippen molar-refractivity contribution in [2.24, 2.45) is 0 Å². The Bertz CT molecular complexity index is 852. The van der Waals surface area contributed by atoms with Crippen LogP contribution in [-0.2, 0) is 10.0 Å². The fraction of sp³-hybridized carbons (Fsp3) is 0.0714. The van der Waals surface area contributed by atoms with E-state index in [1.165, 1.54) is 6.07 Å². The lowest BCUT2D eigenvalue weighted by atomic mass is 10.2.